The molecule has 0 aromatic carbocycles. The molecular weight excluding hydrogens is 308 g/mol. The van der Waals surface area contributed by atoms with Crippen LogP contribution in [0.1, 0.15) is 69.6 Å². The average Bonchev–Trinajstić information content (AvgIpc) is 3.19. The highest BCUT2D eigenvalue weighted by atomic mass is 19.3. The zero-order valence-corrected chi connectivity index (χ0v) is 13.2. The highest BCUT2D eigenvalue weighted by molar-refractivity contribution is 5.85. The van der Waals surface area contributed by atoms with Crippen LogP contribution in [0, 0.1) is 5.92 Å². The number of rotatable bonds is 6. The fraction of sp³-hybridized carbons (Fsp3) is 0.800. The van der Waals surface area contributed by atoms with Gasteiger partial charge in [-0.05, 0) is 38.0 Å². The lowest BCUT2D eigenvalue weighted by molar-refractivity contribution is -0.216. The Morgan fingerprint density at radius 2 is 2.09 bits per heavy atom. The zero-order chi connectivity index (χ0) is 16.8. The largest absolute Gasteiger partial charge is 0.383 e. The van der Waals surface area contributed by atoms with Gasteiger partial charge in [0, 0.05) is 5.92 Å². The molecule has 2 aliphatic rings. The summed E-state index contributed by atoms with van der Waals surface area (Å²) in [6.07, 6.45) is 2.31. The van der Waals surface area contributed by atoms with Crippen molar-refractivity contribution in [3.63, 3.8) is 0 Å². The van der Waals surface area contributed by atoms with E-state index in [0.29, 0.717) is 12.2 Å². The van der Waals surface area contributed by atoms with Crippen LogP contribution >= 0.6 is 0 Å². The van der Waals surface area contributed by atoms with Gasteiger partial charge in [-0.1, -0.05) is 19.0 Å². The lowest BCUT2D eigenvalue weighted by Crippen LogP contribution is -2.61. The van der Waals surface area contributed by atoms with Gasteiger partial charge in [0.1, 0.15) is 11.6 Å². The molecule has 6 nitrogen and oxygen atoms in total. The molecule has 0 saturated heterocycles. The van der Waals surface area contributed by atoms with Gasteiger partial charge in [0.05, 0.1) is 0 Å². The summed E-state index contributed by atoms with van der Waals surface area (Å²) in [7, 11) is 0. The minimum atomic E-state index is -3.84. The van der Waals surface area contributed by atoms with Crippen LogP contribution in [-0.4, -0.2) is 32.7 Å². The Kier molecular flexibility index (Phi) is 3.90. The van der Waals surface area contributed by atoms with Crippen molar-refractivity contribution in [2.45, 2.75) is 69.4 Å². The average molecular weight is 329 g/mol. The van der Waals surface area contributed by atoms with Crippen LogP contribution in [0.5, 0.6) is 0 Å². The minimum Gasteiger partial charge on any atom is -0.383 e. The summed E-state index contributed by atoms with van der Waals surface area (Å²) in [6, 6.07) is -0.808. The predicted octanol–water partition coefficient (Wildman–Crippen LogP) is 2.31. The van der Waals surface area contributed by atoms with Crippen molar-refractivity contribution in [3.05, 3.63) is 11.7 Å². The molecule has 1 atom stereocenters. The van der Waals surface area contributed by atoms with Crippen LogP contribution in [0.25, 0.3) is 0 Å². The molecule has 128 valence electrons. The third-order valence-electron chi connectivity index (χ3n) is 4.67. The summed E-state index contributed by atoms with van der Waals surface area (Å²) in [5.74, 6) is -4.58. The van der Waals surface area contributed by atoms with Crippen LogP contribution in [0.15, 0.2) is 4.52 Å². The van der Waals surface area contributed by atoms with Crippen LogP contribution in [-0.2, 0) is 4.79 Å². The Hall–Kier alpha value is -1.57. The number of halogens is 2. The molecule has 1 aromatic rings. The van der Waals surface area contributed by atoms with Crippen LogP contribution < -0.4 is 5.32 Å². The van der Waals surface area contributed by atoms with Gasteiger partial charge in [-0.15, -0.1) is 0 Å². The monoisotopic (exact) mass is 329 g/mol. The number of hydrogen-bond acceptors (Lipinski definition) is 5. The van der Waals surface area contributed by atoms with E-state index in [1.807, 2.05) is 0 Å². The molecule has 2 saturated carbocycles. The summed E-state index contributed by atoms with van der Waals surface area (Å²) in [4.78, 5) is 16.3. The van der Waals surface area contributed by atoms with Crippen LogP contribution in [0.3, 0.4) is 0 Å². The SMILES string of the molecule is CC(C)C(NC(=O)C(F)(F)C1(O)CCC1)c1nc(C2CC2)no1. The first-order valence-corrected chi connectivity index (χ1v) is 7.99. The Bertz CT molecular complexity index is 595. The van der Waals surface area contributed by atoms with E-state index >= 15 is 0 Å². The lowest BCUT2D eigenvalue weighted by Gasteiger charge is -2.41. The molecule has 23 heavy (non-hydrogen) atoms. The maximum atomic E-state index is 14.2. The van der Waals surface area contributed by atoms with Crippen LogP contribution in [0.4, 0.5) is 8.78 Å². The molecule has 1 heterocycles. The standard InChI is InChI=1S/C15H21F2N3O3/c1-8(2)10(12-19-11(20-23-12)9-4-5-9)18-13(21)15(16,17)14(22)6-3-7-14/h8-10,22H,3-7H2,1-2H3,(H,18,21). The topological polar surface area (TPSA) is 88.2 Å². The van der Waals surface area contributed by atoms with Crippen molar-refractivity contribution in [2.75, 3.05) is 0 Å². The van der Waals surface area contributed by atoms with Gasteiger partial charge in [-0.25, -0.2) is 0 Å². The van der Waals surface area contributed by atoms with E-state index in [-0.39, 0.29) is 30.6 Å². The van der Waals surface area contributed by atoms with Gasteiger partial charge < -0.3 is 14.9 Å². The maximum absolute atomic E-state index is 14.2. The van der Waals surface area contributed by atoms with E-state index in [1.165, 1.54) is 0 Å². The molecule has 2 aliphatic carbocycles. The molecule has 3 rings (SSSR count). The number of nitrogens with zero attached hydrogens (tertiary/aromatic N) is 2. The number of alkyl halides is 2. The quantitative estimate of drug-likeness (QED) is 0.836. The summed E-state index contributed by atoms with van der Waals surface area (Å²) in [5, 5.41) is 16.0. The highest BCUT2D eigenvalue weighted by Crippen LogP contribution is 2.44. The minimum absolute atomic E-state index is 0.0772. The molecule has 0 radical (unpaired) electrons. The number of carbonyl (C=O) groups excluding carboxylic acids is 1. The van der Waals surface area contributed by atoms with E-state index in [1.54, 1.807) is 13.8 Å². The summed E-state index contributed by atoms with van der Waals surface area (Å²) in [5.41, 5.74) is -2.24. The molecule has 2 fully saturated rings. The summed E-state index contributed by atoms with van der Waals surface area (Å²) < 4.78 is 33.5. The van der Waals surface area contributed by atoms with Crippen molar-refractivity contribution in [1.82, 2.24) is 15.5 Å². The lowest BCUT2D eigenvalue weighted by atomic mass is 9.75. The number of aliphatic hydroxyl groups is 1. The van der Waals surface area contributed by atoms with E-state index in [0.717, 1.165) is 12.8 Å². The van der Waals surface area contributed by atoms with Crippen LogP contribution in [0.2, 0.25) is 0 Å². The van der Waals surface area contributed by atoms with E-state index in [4.69, 9.17) is 4.52 Å². The van der Waals surface area contributed by atoms with Gasteiger partial charge >= 0.3 is 5.92 Å². The normalized spacial score (nSPS) is 21.8. The van der Waals surface area contributed by atoms with E-state index in [9.17, 15) is 18.7 Å². The van der Waals surface area contributed by atoms with Crippen molar-refractivity contribution >= 4 is 5.91 Å². The fourth-order valence-electron chi connectivity index (χ4n) is 2.66. The molecule has 0 bridgehead atoms. The van der Waals surface area contributed by atoms with Crippen molar-refractivity contribution in [2.24, 2.45) is 5.92 Å². The van der Waals surface area contributed by atoms with Gasteiger partial charge in [0.25, 0.3) is 5.91 Å². The molecule has 2 N–H and O–H groups in total. The number of carbonyl (C=O) groups is 1. The fourth-order valence-corrected chi connectivity index (χ4v) is 2.66. The van der Waals surface area contributed by atoms with Crippen molar-refractivity contribution in [1.29, 1.82) is 0 Å². The first-order chi connectivity index (χ1) is 10.7. The Morgan fingerprint density at radius 1 is 1.43 bits per heavy atom. The van der Waals surface area contributed by atoms with Gasteiger partial charge in [-0.2, -0.15) is 13.8 Å². The first kappa shape index (κ1) is 16.3. The predicted molar refractivity (Wildman–Crippen MR) is 75.7 cm³/mol. The second-order valence-electron chi connectivity index (χ2n) is 6.92. The van der Waals surface area contributed by atoms with E-state index in [2.05, 4.69) is 15.5 Å². The second kappa shape index (κ2) is 5.51. The van der Waals surface area contributed by atoms with Crippen molar-refractivity contribution in [3.8, 4) is 0 Å². The van der Waals surface area contributed by atoms with Gasteiger partial charge in [0.15, 0.2) is 5.82 Å². The smallest absolute Gasteiger partial charge is 0.352 e. The second-order valence-corrected chi connectivity index (χ2v) is 6.92. The van der Waals surface area contributed by atoms with Gasteiger partial charge in [0.2, 0.25) is 5.89 Å². The Labute approximate surface area is 132 Å². The number of amides is 1. The van der Waals surface area contributed by atoms with Gasteiger partial charge in [-0.3, -0.25) is 4.79 Å². The molecule has 1 unspecified atom stereocenters. The Balaban J connectivity index is 1.74. The third-order valence-corrected chi connectivity index (χ3v) is 4.67. The summed E-state index contributed by atoms with van der Waals surface area (Å²) in [6.45, 7) is 3.53. The number of nitrogens with one attached hydrogen (secondary N) is 1. The molecule has 0 aliphatic heterocycles. The summed E-state index contributed by atoms with van der Waals surface area (Å²) >= 11 is 0. The first-order valence-electron chi connectivity index (χ1n) is 7.99. The third kappa shape index (κ3) is 2.84. The molecule has 0 spiro atoms. The molecular formula is C15H21F2N3O3. The molecule has 8 heteroatoms. The maximum Gasteiger partial charge on any atom is 0.352 e. The van der Waals surface area contributed by atoms with Crippen molar-refractivity contribution < 1.29 is 23.2 Å². The molecule has 1 amide bonds. The number of aromatic nitrogens is 2. The van der Waals surface area contributed by atoms with E-state index < -0.39 is 23.5 Å². The Morgan fingerprint density at radius 3 is 2.57 bits per heavy atom. The zero-order valence-electron chi connectivity index (χ0n) is 13.2. The number of hydrogen-bond donors (Lipinski definition) is 2. The highest BCUT2D eigenvalue weighted by Gasteiger charge is 2.61. The molecule has 1 aromatic heterocycles.